The highest BCUT2D eigenvalue weighted by Gasteiger charge is 2.30. The molecule has 14 heavy (non-hydrogen) atoms. The minimum absolute atomic E-state index is 0.0490. The molecule has 76 valence electrons. The van der Waals surface area contributed by atoms with Crippen LogP contribution < -0.4 is 0 Å². The highest BCUT2D eigenvalue weighted by Crippen LogP contribution is 2.20. The molecule has 1 atom stereocenters. The summed E-state index contributed by atoms with van der Waals surface area (Å²) in [6.07, 6.45) is -0.126. The maximum absolute atomic E-state index is 11.7. The van der Waals surface area contributed by atoms with E-state index in [9.17, 15) is 8.42 Å². The predicted molar refractivity (Wildman–Crippen MR) is 53.2 cm³/mol. The molecule has 1 unspecified atom stereocenters. The van der Waals surface area contributed by atoms with Gasteiger partial charge >= 0.3 is 0 Å². The van der Waals surface area contributed by atoms with E-state index >= 15 is 0 Å². The fourth-order valence-electron chi connectivity index (χ4n) is 1.17. The topological polar surface area (TPSA) is 46.7 Å². The average Bonchev–Trinajstić information content (AvgIpc) is 2.87. The average molecular weight is 233 g/mol. The van der Waals surface area contributed by atoms with Crippen LogP contribution in [0.3, 0.4) is 0 Å². The molecule has 1 saturated heterocycles. The van der Waals surface area contributed by atoms with Crippen molar-refractivity contribution in [3.63, 3.8) is 0 Å². The SMILES string of the molecule is O=S(=O)(CC1CO1)c1cccc(Cl)c1. The molecule has 2 rings (SSSR count). The van der Waals surface area contributed by atoms with Crippen molar-refractivity contribution in [3.05, 3.63) is 29.3 Å². The van der Waals surface area contributed by atoms with Crippen LogP contribution in [-0.2, 0) is 14.6 Å². The molecule has 0 aliphatic carbocycles. The Kier molecular flexibility index (Phi) is 2.51. The van der Waals surface area contributed by atoms with Crippen molar-refractivity contribution in [1.29, 1.82) is 0 Å². The van der Waals surface area contributed by atoms with Crippen molar-refractivity contribution in [3.8, 4) is 0 Å². The molecule has 0 amide bonds. The van der Waals surface area contributed by atoms with Gasteiger partial charge in [0.1, 0.15) is 0 Å². The molecule has 1 aromatic rings. The maximum Gasteiger partial charge on any atom is 0.181 e. The van der Waals surface area contributed by atoms with Gasteiger partial charge in [0.15, 0.2) is 9.84 Å². The molecule has 1 aliphatic rings. The van der Waals surface area contributed by atoms with Crippen LogP contribution in [0.25, 0.3) is 0 Å². The van der Waals surface area contributed by atoms with Crippen molar-refractivity contribution in [2.75, 3.05) is 12.4 Å². The minimum atomic E-state index is -3.23. The number of hydrogen-bond acceptors (Lipinski definition) is 3. The molecule has 1 aromatic carbocycles. The molecular formula is C9H9ClO3S. The molecule has 1 heterocycles. The summed E-state index contributed by atoms with van der Waals surface area (Å²) >= 11 is 5.71. The monoisotopic (exact) mass is 232 g/mol. The first-order chi connectivity index (χ1) is 6.58. The van der Waals surface area contributed by atoms with Crippen molar-refractivity contribution in [2.24, 2.45) is 0 Å². The van der Waals surface area contributed by atoms with Gasteiger partial charge in [-0.15, -0.1) is 0 Å². The molecule has 0 saturated carbocycles. The Bertz CT molecular complexity index is 437. The Morgan fingerprint density at radius 1 is 1.50 bits per heavy atom. The molecule has 1 fully saturated rings. The molecule has 0 N–H and O–H groups in total. The molecule has 5 heteroatoms. The zero-order valence-electron chi connectivity index (χ0n) is 7.31. The van der Waals surface area contributed by atoms with Gasteiger partial charge in [-0.05, 0) is 18.2 Å². The second kappa shape index (κ2) is 3.53. The van der Waals surface area contributed by atoms with Crippen molar-refractivity contribution in [1.82, 2.24) is 0 Å². The van der Waals surface area contributed by atoms with Crippen LogP contribution in [0.5, 0.6) is 0 Å². The van der Waals surface area contributed by atoms with Crippen molar-refractivity contribution < 1.29 is 13.2 Å². The Balaban J connectivity index is 2.28. The molecular weight excluding hydrogens is 224 g/mol. The predicted octanol–water partition coefficient (Wildman–Crippen LogP) is 1.51. The first-order valence-electron chi connectivity index (χ1n) is 4.18. The summed E-state index contributed by atoms with van der Waals surface area (Å²) < 4.78 is 28.3. The second-order valence-corrected chi connectivity index (χ2v) is 5.66. The number of hydrogen-bond donors (Lipinski definition) is 0. The summed E-state index contributed by atoms with van der Waals surface area (Å²) in [7, 11) is -3.23. The third kappa shape index (κ3) is 2.26. The fraction of sp³-hybridized carbons (Fsp3) is 0.333. The zero-order chi connectivity index (χ0) is 10.2. The Labute approximate surface area is 87.6 Å². The van der Waals surface area contributed by atoms with Gasteiger partial charge in [0, 0.05) is 5.02 Å². The van der Waals surface area contributed by atoms with Crippen LogP contribution in [0.2, 0.25) is 5.02 Å². The largest absolute Gasteiger partial charge is 0.372 e. The van der Waals surface area contributed by atoms with E-state index in [0.717, 1.165) is 0 Å². The third-order valence-electron chi connectivity index (χ3n) is 1.96. The van der Waals surface area contributed by atoms with E-state index in [1.807, 2.05) is 0 Å². The van der Waals surface area contributed by atoms with Gasteiger partial charge in [-0.25, -0.2) is 8.42 Å². The quantitative estimate of drug-likeness (QED) is 0.743. The summed E-state index contributed by atoms with van der Waals surface area (Å²) in [4.78, 5) is 0.264. The van der Waals surface area contributed by atoms with E-state index in [4.69, 9.17) is 16.3 Å². The lowest BCUT2D eigenvalue weighted by atomic mass is 10.4. The van der Waals surface area contributed by atoms with Crippen LogP contribution in [0, 0.1) is 0 Å². The van der Waals surface area contributed by atoms with Crippen LogP contribution in [0.4, 0.5) is 0 Å². The molecule has 0 radical (unpaired) electrons. The van der Waals surface area contributed by atoms with Crippen molar-refractivity contribution >= 4 is 21.4 Å². The molecule has 3 nitrogen and oxygen atoms in total. The van der Waals surface area contributed by atoms with Gasteiger partial charge in [-0.2, -0.15) is 0 Å². The third-order valence-corrected chi connectivity index (χ3v) is 3.98. The van der Waals surface area contributed by atoms with Gasteiger partial charge in [0.25, 0.3) is 0 Å². The number of ether oxygens (including phenoxy) is 1. The lowest BCUT2D eigenvalue weighted by molar-refractivity contribution is 0.422. The van der Waals surface area contributed by atoms with Gasteiger partial charge in [-0.1, -0.05) is 17.7 Å². The first kappa shape index (κ1) is 9.96. The summed E-state index contributed by atoms with van der Waals surface area (Å²) in [5.41, 5.74) is 0. The Morgan fingerprint density at radius 2 is 2.21 bits per heavy atom. The van der Waals surface area contributed by atoms with Crippen LogP contribution in [0.1, 0.15) is 0 Å². The summed E-state index contributed by atoms with van der Waals surface area (Å²) in [6.45, 7) is 0.541. The highest BCUT2D eigenvalue weighted by molar-refractivity contribution is 7.91. The number of sulfone groups is 1. The standard InChI is InChI=1S/C9H9ClO3S/c10-7-2-1-3-9(4-7)14(11,12)6-8-5-13-8/h1-4,8H,5-6H2. The van der Waals surface area contributed by atoms with E-state index in [2.05, 4.69) is 0 Å². The Hall–Kier alpha value is -0.580. The zero-order valence-corrected chi connectivity index (χ0v) is 8.88. The second-order valence-electron chi connectivity index (χ2n) is 3.19. The molecule has 1 aliphatic heterocycles. The number of epoxide rings is 1. The van der Waals surface area contributed by atoms with Crippen molar-refractivity contribution in [2.45, 2.75) is 11.0 Å². The van der Waals surface area contributed by atoms with Crippen LogP contribution in [-0.4, -0.2) is 26.9 Å². The van der Waals surface area contributed by atoms with Gasteiger partial charge in [-0.3, -0.25) is 0 Å². The van der Waals surface area contributed by atoms with Gasteiger partial charge in [0.2, 0.25) is 0 Å². The van der Waals surface area contributed by atoms with E-state index < -0.39 is 9.84 Å². The smallest absolute Gasteiger partial charge is 0.181 e. The summed E-state index contributed by atoms with van der Waals surface area (Å²) in [5.74, 6) is 0.0490. The molecule has 0 bridgehead atoms. The number of rotatable bonds is 3. The van der Waals surface area contributed by atoms with E-state index in [1.54, 1.807) is 18.2 Å². The van der Waals surface area contributed by atoms with E-state index in [-0.39, 0.29) is 16.8 Å². The molecule has 0 aromatic heterocycles. The normalized spacial score (nSPS) is 20.8. The lowest BCUT2D eigenvalue weighted by Crippen LogP contribution is -2.11. The van der Waals surface area contributed by atoms with E-state index in [0.29, 0.717) is 11.6 Å². The van der Waals surface area contributed by atoms with Crippen LogP contribution in [0.15, 0.2) is 29.2 Å². The maximum atomic E-state index is 11.7. The number of halogens is 1. The fourth-order valence-corrected chi connectivity index (χ4v) is 2.89. The number of benzene rings is 1. The van der Waals surface area contributed by atoms with Gasteiger partial charge in [0.05, 0.1) is 23.4 Å². The molecule has 0 spiro atoms. The minimum Gasteiger partial charge on any atom is -0.372 e. The van der Waals surface area contributed by atoms with E-state index in [1.165, 1.54) is 6.07 Å². The van der Waals surface area contributed by atoms with Gasteiger partial charge < -0.3 is 4.74 Å². The first-order valence-corrected chi connectivity index (χ1v) is 6.21. The lowest BCUT2D eigenvalue weighted by Gasteiger charge is -2.01. The van der Waals surface area contributed by atoms with Crippen LogP contribution >= 0.6 is 11.6 Å². The highest BCUT2D eigenvalue weighted by atomic mass is 35.5. The summed E-state index contributed by atoms with van der Waals surface area (Å²) in [6, 6.07) is 6.28. The Morgan fingerprint density at radius 3 is 2.79 bits per heavy atom. The summed E-state index contributed by atoms with van der Waals surface area (Å²) in [5, 5.41) is 0.433.